The summed E-state index contributed by atoms with van der Waals surface area (Å²) in [5.74, 6) is -0.166. The predicted octanol–water partition coefficient (Wildman–Crippen LogP) is 6.69. The van der Waals surface area contributed by atoms with E-state index in [1.807, 2.05) is 63.2 Å². The van der Waals surface area contributed by atoms with Crippen LogP contribution in [0.4, 0.5) is 10.7 Å². The van der Waals surface area contributed by atoms with E-state index in [1.54, 1.807) is 0 Å². The summed E-state index contributed by atoms with van der Waals surface area (Å²) in [4.78, 5) is 27.8. The van der Waals surface area contributed by atoms with Crippen molar-refractivity contribution in [1.82, 2.24) is 0 Å². The van der Waals surface area contributed by atoms with E-state index >= 15 is 0 Å². The van der Waals surface area contributed by atoms with Crippen molar-refractivity contribution in [3.63, 3.8) is 0 Å². The molecular weight excluding hydrogens is 440 g/mol. The van der Waals surface area contributed by atoms with Gasteiger partial charge in [-0.2, -0.15) is 0 Å². The molecule has 0 saturated heterocycles. The number of nitrogens with one attached hydrogen (secondary N) is 1. The minimum absolute atomic E-state index is 0.0508. The third kappa shape index (κ3) is 3.59. The number of aryl methyl sites for hydroxylation is 3. The number of carbonyl (C=O) groups excluding carboxylic acids is 2. The van der Waals surface area contributed by atoms with Gasteiger partial charge in [0, 0.05) is 34.7 Å². The van der Waals surface area contributed by atoms with Crippen molar-refractivity contribution in [2.75, 3.05) is 11.1 Å². The number of allylic oxidation sites excluding steroid dienone is 2. The highest BCUT2D eigenvalue weighted by Gasteiger charge is 2.43. The molecule has 1 aromatic heterocycles. The Morgan fingerprint density at radius 3 is 2.35 bits per heavy atom. The molecule has 3 N–H and O–H groups in total. The fourth-order valence-electron chi connectivity index (χ4n) is 5.70. The molecule has 1 aliphatic heterocycles. The van der Waals surface area contributed by atoms with Gasteiger partial charge in [0.15, 0.2) is 5.78 Å². The van der Waals surface area contributed by atoms with E-state index in [4.69, 9.17) is 5.73 Å². The second kappa shape index (κ2) is 7.95. The number of nitrogen functional groups attached to an aromatic ring is 1. The first kappa shape index (κ1) is 22.6. The predicted molar refractivity (Wildman–Crippen MR) is 140 cm³/mol. The van der Waals surface area contributed by atoms with E-state index in [-0.39, 0.29) is 22.9 Å². The second-order valence-corrected chi connectivity index (χ2v) is 11.5. The van der Waals surface area contributed by atoms with Gasteiger partial charge in [-0.3, -0.25) is 9.59 Å². The van der Waals surface area contributed by atoms with Gasteiger partial charge in [-0.1, -0.05) is 61.9 Å². The van der Waals surface area contributed by atoms with Gasteiger partial charge in [0.1, 0.15) is 4.88 Å². The summed E-state index contributed by atoms with van der Waals surface area (Å²) in [7, 11) is 0. The molecule has 5 rings (SSSR count). The molecule has 2 aromatic carbocycles. The lowest BCUT2D eigenvalue weighted by Gasteiger charge is -2.38. The summed E-state index contributed by atoms with van der Waals surface area (Å²) >= 11 is 1.41. The minimum atomic E-state index is -0.269. The fourth-order valence-corrected chi connectivity index (χ4v) is 6.83. The number of nitrogens with two attached hydrogens (primary N) is 1. The maximum Gasteiger partial charge on any atom is 0.205 e. The molecule has 0 fully saturated rings. The normalized spacial score (nSPS) is 18.9. The molecule has 3 aromatic rings. The number of thiophene rings is 1. The molecule has 0 radical (unpaired) electrons. The van der Waals surface area contributed by atoms with Crippen LogP contribution in [0.1, 0.15) is 75.7 Å². The van der Waals surface area contributed by atoms with Gasteiger partial charge in [0.05, 0.1) is 10.7 Å². The maximum atomic E-state index is 13.8. The first-order chi connectivity index (χ1) is 16.1. The van der Waals surface area contributed by atoms with E-state index in [2.05, 4.69) is 19.2 Å². The van der Waals surface area contributed by atoms with Crippen LogP contribution >= 0.6 is 11.3 Å². The minimum Gasteiger partial charge on any atom is -0.397 e. The summed E-state index contributed by atoms with van der Waals surface area (Å²) in [6.07, 6.45) is 1.29. The lowest BCUT2D eigenvalue weighted by atomic mass is 9.69. The first-order valence-electron chi connectivity index (χ1n) is 11.7. The second-order valence-electron chi connectivity index (χ2n) is 10.5. The van der Waals surface area contributed by atoms with Crippen LogP contribution < -0.4 is 11.1 Å². The summed E-state index contributed by atoms with van der Waals surface area (Å²) < 4.78 is 0. The van der Waals surface area contributed by atoms with Crippen molar-refractivity contribution in [2.45, 2.75) is 53.4 Å². The largest absolute Gasteiger partial charge is 0.397 e. The summed E-state index contributed by atoms with van der Waals surface area (Å²) in [5.41, 5.74) is 14.5. The average Bonchev–Trinajstić information content (AvgIpc) is 3.07. The van der Waals surface area contributed by atoms with Gasteiger partial charge in [0.2, 0.25) is 5.78 Å². The topological polar surface area (TPSA) is 72.2 Å². The number of carbonyl (C=O) groups is 2. The van der Waals surface area contributed by atoms with Crippen molar-refractivity contribution in [2.24, 2.45) is 5.41 Å². The van der Waals surface area contributed by atoms with E-state index in [1.165, 1.54) is 11.3 Å². The van der Waals surface area contributed by atoms with Crippen molar-refractivity contribution in [1.29, 1.82) is 0 Å². The van der Waals surface area contributed by atoms with Gasteiger partial charge < -0.3 is 11.1 Å². The molecule has 0 unspecified atom stereocenters. The number of Topliss-reactive ketones (excluding diaryl/α,β-unsaturated/α-hetero) is 1. The van der Waals surface area contributed by atoms with Gasteiger partial charge >= 0.3 is 0 Å². The number of rotatable bonds is 3. The maximum absolute atomic E-state index is 13.8. The van der Waals surface area contributed by atoms with Crippen molar-refractivity contribution >= 4 is 33.6 Å². The summed E-state index contributed by atoms with van der Waals surface area (Å²) in [6.45, 7) is 10.2. The Labute approximate surface area is 204 Å². The molecular formula is C29H30N2O2S. The van der Waals surface area contributed by atoms with Gasteiger partial charge in [0.25, 0.3) is 0 Å². The Hall–Kier alpha value is -3.18. The van der Waals surface area contributed by atoms with Crippen LogP contribution in [0.2, 0.25) is 0 Å². The number of benzene rings is 2. The van der Waals surface area contributed by atoms with E-state index < -0.39 is 0 Å². The molecule has 1 aliphatic carbocycles. The zero-order valence-corrected chi connectivity index (χ0v) is 21.2. The number of hydrogen-bond donors (Lipinski definition) is 2. The quantitative estimate of drug-likeness (QED) is 0.419. The van der Waals surface area contributed by atoms with Crippen molar-refractivity contribution in [3.05, 3.63) is 92.0 Å². The first-order valence-corrected chi connectivity index (χ1v) is 12.5. The van der Waals surface area contributed by atoms with Crippen LogP contribution in [0.5, 0.6) is 0 Å². The molecule has 2 heterocycles. The molecule has 0 bridgehead atoms. The van der Waals surface area contributed by atoms with Crippen LogP contribution in [0, 0.1) is 26.2 Å². The summed E-state index contributed by atoms with van der Waals surface area (Å²) in [5, 5.41) is 4.41. The van der Waals surface area contributed by atoms with Gasteiger partial charge in [-0.15, -0.1) is 11.3 Å². The molecule has 0 saturated carbocycles. The van der Waals surface area contributed by atoms with Gasteiger partial charge in [-0.05, 0) is 49.3 Å². The molecule has 4 nitrogen and oxygen atoms in total. The van der Waals surface area contributed by atoms with E-state index in [0.29, 0.717) is 22.5 Å². The number of fused-ring (bicyclic) bond motifs is 1. The Morgan fingerprint density at radius 2 is 1.71 bits per heavy atom. The highest BCUT2D eigenvalue weighted by Crippen LogP contribution is 2.54. The Morgan fingerprint density at radius 1 is 1.06 bits per heavy atom. The van der Waals surface area contributed by atoms with E-state index in [9.17, 15) is 9.59 Å². The standard InChI is InChI=1S/C29H30N2O2S/c1-15-11-16(2)21(17(3)12-15)26(33)27-25(30)24-22(18-9-7-6-8-10-18)23-19(31-28(24)34-27)13-29(4,5)14-20(23)32/h6-12,22,31H,13-14,30H2,1-5H3/t22-/m1/s1. The lowest BCUT2D eigenvalue weighted by molar-refractivity contribution is -0.118. The Balaban J connectivity index is 1.70. The van der Waals surface area contributed by atoms with Crippen LogP contribution in [0.15, 0.2) is 53.7 Å². The smallest absolute Gasteiger partial charge is 0.205 e. The Bertz CT molecular complexity index is 1360. The third-order valence-corrected chi connectivity index (χ3v) is 8.12. The third-order valence-electron chi connectivity index (χ3n) is 6.99. The number of anilines is 2. The van der Waals surface area contributed by atoms with Crippen molar-refractivity contribution < 1.29 is 9.59 Å². The van der Waals surface area contributed by atoms with Crippen LogP contribution in [-0.4, -0.2) is 11.6 Å². The monoisotopic (exact) mass is 470 g/mol. The lowest BCUT2D eigenvalue weighted by Crippen LogP contribution is -2.33. The Kier molecular flexibility index (Phi) is 5.28. The average molecular weight is 471 g/mol. The molecule has 0 amide bonds. The zero-order valence-electron chi connectivity index (χ0n) is 20.3. The van der Waals surface area contributed by atoms with Crippen LogP contribution in [-0.2, 0) is 4.79 Å². The van der Waals surface area contributed by atoms with Crippen LogP contribution in [0.25, 0.3) is 0 Å². The van der Waals surface area contributed by atoms with Gasteiger partial charge in [-0.25, -0.2) is 0 Å². The zero-order chi connectivity index (χ0) is 24.4. The van der Waals surface area contributed by atoms with Crippen LogP contribution in [0.3, 0.4) is 0 Å². The number of hydrogen-bond acceptors (Lipinski definition) is 5. The van der Waals surface area contributed by atoms with Crippen molar-refractivity contribution in [3.8, 4) is 0 Å². The highest BCUT2D eigenvalue weighted by molar-refractivity contribution is 7.19. The van der Waals surface area contributed by atoms with E-state index in [0.717, 1.165) is 50.5 Å². The molecule has 0 spiro atoms. The SMILES string of the molecule is Cc1cc(C)c(C(=O)c2sc3c(c2N)[C@H](c2ccccc2)C2=C(CC(C)(C)CC2=O)N3)c(C)c1. The molecule has 2 aliphatic rings. The number of ketones is 2. The molecule has 5 heteroatoms. The molecule has 174 valence electrons. The summed E-state index contributed by atoms with van der Waals surface area (Å²) in [6, 6.07) is 14.1. The molecule has 1 atom stereocenters. The fraction of sp³-hybridized carbons (Fsp3) is 0.310. The molecule has 34 heavy (non-hydrogen) atoms. The highest BCUT2D eigenvalue weighted by atomic mass is 32.1.